The summed E-state index contributed by atoms with van der Waals surface area (Å²) < 4.78 is 5.42. The maximum Gasteiger partial charge on any atom is 0.147 e. The Balaban J connectivity index is 2.29. The second kappa shape index (κ2) is 2.06. The van der Waals surface area contributed by atoms with Gasteiger partial charge in [0.05, 0.1) is 5.71 Å². The molecule has 0 spiro atoms. The average molecular weight is 135 g/mol. The van der Waals surface area contributed by atoms with Gasteiger partial charge >= 0.3 is 0 Å². The van der Waals surface area contributed by atoms with E-state index in [2.05, 4.69) is 4.99 Å². The molecule has 0 aromatic carbocycles. The lowest BCUT2D eigenvalue weighted by molar-refractivity contribution is 0.0867. The van der Waals surface area contributed by atoms with Crippen molar-refractivity contribution in [3.05, 3.63) is 24.3 Å². The number of nitrogens with zero attached hydrogens (tertiary/aromatic N) is 1. The fourth-order valence-electron chi connectivity index (χ4n) is 1.20. The fraction of sp³-hybridized carbons (Fsp3) is 0.375. The number of aliphatic imine (C=N–C) groups is 1. The van der Waals surface area contributed by atoms with Gasteiger partial charge in [-0.3, -0.25) is 4.99 Å². The summed E-state index contributed by atoms with van der Waals surface area (Å²) in [4.78, 5) is 4.27. The summed E-state index contributed by atoms with van der Waals surface area (Å²) in [6.45, 7) is 1.95. The molecule has 0 N–H and O–H groups in total. The van der Waals surface area contributed by atoms with E-state index in [1.54, 1.807) is 0 Å². The Morgan fingerprint density at radius 2 is 2.40 bits per heavy atom. The normalized spacial score (nSPS) is 35.9. The molecule has 2 rings (SSSR count). The molecule has 0 saturated carbocycles. The SMILES string of the molecule is CC1N=C2C=CC=CC2O1. The van der Waals surface area contributed by atoms with Gasteiger partial charge in [-0.2, -0.15) is 0 Å². The van der Waals surface area contributed by atoms with Gasteiger partial charge in [0.1, 0.15) is 12.3 Å². The molecule has 2 aliphatic rings. The number of hydrogen-bond acceptors (Lipinski definition) is 2. The summed E-state index contributed by atoms with van der Waals surface area (Å²) >= 11 is 0. The lowest BCUT2D eigenvalue weighted by Gasteiger charge is -2.07. The Morgan fingerprint density at radius 1 is 1.50 bits per heavy atom. The van der Waals surface area contributed by atoms with E-state index in [9.17, 15) is 0 Å². The van der Waals surface area contributed by atoms with Crippen molar-refractivity contribution in [2.75, 3.05) is 0 Å². The van der Waals surface area contributed by atoms with Gasteiger partial charge in [0.25, 0.3) is 0 Å². The van der Waals surface area contributed by atoms with Gasteiger partial charge in [0.15, 0.2) is 0 Å². The molecule has 1 aliphatic carbocycles. The summed E-state index contributed by atoms with van der Waals surface area (Å²) in [5.74, 6) is 0. The van der Waals surface area contributed by atoms with Crippen LogP contribution in [0, 0.1) is 0 Å². The molecule has 0 radical (unpaired) electrons. The third-order valence-corrected chi connectivity index (χ3v) is 1.63. The van der Waals surface area contributed by atoms with Gasteiger partial charge in [0.2, 0.25) is 0 Å². The predicted octanol–water partition coefficient (Wildman–Crippen LogP) is 1.30. The minimum absolute atomic E-state index is 0.0346. The van der Waals surface area contributed by atoms with E-state index >= 15 is 0 Å². The summed E-state index contributed by atoms with van der Waals surface area (Å²) in [6.07, 6.45) is 8.14. The molecule has 1 aliphatic heterocycles. The van der Waals surface area contributed by atoms with Crippen molar-refractivity contribution >= 4 is 5.71 Å². The molecule has 2 nitrogen and oxygen atoms in total. The largest absolute Gasteiger partial charge is 0.343 e. The Morgan fingerprint density at radius 3 is 3.20 bits per heavy atom. The first-order valence-corrected chi connectivity index (χ1v) is 3.44. The molecule has 0 amide bonds. The highest BCUT2D eigenvalue weighted by atomic mass is 16.5. The van der Waals surface area contributed by atoms with E-state index in [0.29, 0.717) is 0 Å². The van der Waals surface area contributed by atoms with Crippen molar-refractivity contribution in [2.24, 2.45) is 4.99 Å². The second-order valence-corrected chi connectivity index (χ2v) is 2.45. The quantitative estimate of drug-likeness (QED) is 0.490. The Kier molecular flexibility index (Phi) is 1.21. The predicted molar refractivity (Wildman–Crippen MR) is 40.1 cm³/mol. The van der Waals surface area contributed by atoms with E-state index in [4.69, 9.17) is 4.74 Å². The maximum absolute atomic E-state index is 5.42. The van der Waals surface area contributed by atoms with Crippen LogP contribution in [0.4, 0.5) is 0 Å². The molecule has 10 heavy (non-hydrogen) atoms. The van der Waals surface area contributed by atoms with Gasteiger partial charge in [-0.1, -0.05) is 12.2 Å². The van der Waals surface area contributed by atoms with Gasteiger partial charge in [0, 0.05) is 0 Å². The van der Waals surface area contributed by atoms with Crippen LogP contribution in [0.2, 0.25) is 0 Å². The average Bonchev–Trinajstić information content (AvgIpc) is 2.27. The molecule has 52 valence electrons. The Labute approximate surface area is 59.9 Å². The summed E-state index contributed by atoms with van der Waals surface area (Å²) in [5.41, 5.74) is 1.05. The number of fused-ring (bicyclic) bond motifs is 1. The standard InChI is InChI=1S/C8H9NO/c1-6-9-7-4-2-3-5-8(7)10-6/h2-6,8H,1H3. The van der Waals surface area contributed by atoms with Crippen molar-refractivity contribution in [1.82, 2.24) is 0 Å². The van der Waals surface area contributed by atoms with Crippen molar-refractivity contribution in [3.8, 4) is 0 Å². The zero-order chi connectivity index (χ0) is 6.97. The highest BCUT2D eigenvalue weighted by molar-refractivity contribution is 6.02. The molecule has 1 heterocycles. The number of allylic oxidation sites excluding steroid dienone is 2. The first kappa shape index (κ1) is 5.86. The van der Waals surface area contributed by atoms with Crippen LogP contribution in [0.15, 0.2) is 29.3 Å². The zero-order valence-electron chi connectivity index (χ0n) is 5.82. The van der Waals surface area contributed by atoms with Gasteiger partial charge < -0.3 is 4.74 Å². The molecular weight excluding hydrogens is 126 g/mol. The Bertz CT molecular complexity index is 227. The van der Waals surface area contributed by atoms with Crippen LogP contribution in [0.5, 0.6) is 0 Å². The van der Waals surface area contributed by atoms with E-state index in [0.717, 1.165) is 5.71 Å². The minimum atomic E-state index is 0.0346. The lowest BCUT2D eigenvalue weighted by atomic mass is 10.1. The first-order valence-electron chi connectivity index (χ1n) is 3.44. The van der Waals surface area contributed by atoms with Gasteiger partial charge in [-0.15, -0.1) is 0 Å². The van der Waals surface area contributed by atoms with E-state index < -0.39 is 0 Å². The van der Waals surface area contributed by atoms with Crippen LogP contribution in [0.25, 0.3) is 0 Å². The smallest absolute Gasteiger partial charge is 0.147 e. The number of hydrogen-bond donors (Lipinski definition) is 0. The summed E-state index contributed by atoms with van der Waals surface area (Å²) in [5, 5.41) is 0. The monoisotopic (exact) mass is 135 g/mol. The molecular formula is C8H9NO. The minimum Gasteiger partial charge on any atom is -0.343 e. The van der Waals surface area contributed by atoms with Crippen LogP contribution in [-0.4, -0.2) is 18.0 Å². The van der Waals surface area contributed by atoms with Crippen LogP contribution in [0.1, 0.15) is 6.92 Å². The van der Waals surface area contributed by atoms with E-state index in [1.165, 1.54) is 0 Å². The summed E-state index contributed by atoms with van der Waals surface area (Å²) in [6, 6.07) is 0. The van der Waals surface area contributed by atoms with Crippen molar-refractivity contribution in [3.63, 3.8) is 0 Å². The highest BCUT2D eigenvalue weighted by Gasteiger charge is 2.22. The van der Waals surface area contributed by atoms with E-state index in [-0.39, 0.29) is 12.3 Å². The first-order chi connectivity index (χ1) is 4.86. The van der Waals surface area contributed by atoms with Crippen molar-refractivity contribution in [1.29, 1.82) is 0 Å². The topological polar surface area (TPSA) is 21.6 Å². The molecule has 2 atom stereocenters. The number of ether oxygens (including phenoxy) is 1. The Hall–Kier alpha value is -0.890. The third-order valence-electron chi connectivity index (χ3n) is 1.63. The molecule has 2 heteroatoms. The molecule has 0 aromatic rings. The van der Waals surface area contributed by atoms with Crippen LogP contribution in [0.3, 0.4) is 0 Å². The van der Waals surface area contributed by atoms with Gasteiger partial charge in [-0.25, -0.2) is 0 Å². The molecule has 0 saturated heterocycles. The maximum atomic E-state index is 5.42. The van der Waals surface area contributed by atoms with Crippen LogP contribution < -0.4 is 0 Å². The van der Waals surface area contributed by atoms with Crippen molar-refractivity contribution < 1.29 is 4.74 Å². The lowest BCUT2D eigenvalue weighted by Crippen LogP contribution is -2.16. The second-order valence-electron chi connectivity index (χ2n) is 2.45. The van der Waals surface area contributed by atoms with Crippen LogP contribution in [-0.2, 0) is 4.74 Å². The third kappa shape index (κ3) is 0.809. The van der Waals surface area contributed by atoms with E-state index in [1.807, 2.05) is 31.2 Å². The molecule has 0 fully saturated rings. The highest BCUT2D eigenvalue weighted by Crippen LogP contribution is 2.16. The molecule has 0 bridgehead atoms. The fourth-order valence-corrected chi connectivity index (χ4v) is 1.20. The van der Waals surface area contributed by atoms with Crippen molar-refractivity contribution in [2.45, 2.75) is 19.3 Å². The molecule has 0 aromatic heterocycles. The molecule has 2 unspecified atom stereocenters. The van der Waals surface area contributed by atoms with Gasteiger partial charge in [-0.05, 0) is 19.1 Å². The number of rotatable bonds is 0. The van der Waals surface area contributed by atoms with Crippen LogP contribution >= 0.6 is 0 Å². The zero-order valence-corrected chi connectivity index (χ0v) is 5.82. The summed E-state index contributed by atoms with van der Waals surface area (Å²) in [7, 11) is 0.